The van der Waals surface area contributed by atoms with Crippen LogP contribution in [-0.4, -0.2) is 30.4 Å². The first kappa shape index (κ1) is 18.6. The van der Waals surface area contributed by atoms with Crippen molar-refractivity contribution in [2.45, 2.75) is 25.8 Å². The van der Waals surface area contributed by atoms with E-state index in [9.17, 15) is 18.8 Å². The maximum absolute atomic E-state index is 13.6. The zero-order valence-corrected chi connectivity index (χ0v) is 14.8. The molecule has 0 aliphatic carbocycles. The summed E-state index contributed by atoms with van der Waals surface area (Å²) in [6.45, 7) is 1.26. The van der Waals surface area contributed by atoms with Gasteiger partial charge in [0, 0.05) is 12.5 Å². The largest absolute Gasteiger partial charge is 0.455 e. The number of ether oxygens (including phenoxy) is 1. The lowest BCUT2D eigenvalue weighted by molar-refractivity contribution is -0.147. The number of hydrogen-bond donors (Lipinski definition) is 1. The zero-order chi connectivity index (χ0) is 19.4. The van der Waals surface area contributed by atoms with E-state index in [1.165, 1.54) is 23.1 Å². The van der Waals surface area contributed by atoms with Gasteiger partial charge in [-0.2, -0.15) is 0 Å². The number of halogens is 1. The van der Waals surface area contributed by atoms with Crippen molar-refractivity contribution < 1.29 is 23.5 Å². The molecule has 2 amide bonds. The van der Waals surface area contributed by atoms with Crippen LogP contribution in [0.4, 0.5) is 15.8 Å². The summed E-state index contributed by atoms with van der Waals surface area (Å²) in [6, 6.07) is 12.4. The van der Waals surface area contributed by atoms with Crippen LogP contribution in [0.2, 0.25) is 0 Å². The highest BCUT2D eigenvalue weighted by atomic mass is 19.1. The third-order valence-electron chi connectivity index (χ3n) is 4.28. The van der Waals surface area contributed by atoms with Crippen LogP contribution in [0.25, 0.3) is 0 Å². The Labute approximate surface area is 155 Å². The maximum Gasteiger partial charge on any atom is 0.310 e. The minimum absolute atomic E-state index is 0.129. The molecule has 27 heavy (non-hydrogen) atoms. The molecule has 1 N–H and O–H groups in total. The summed E-state index contributed by atoms with van der Waals surface area (Å²) < 4.78 is 18.7. The highest BCUT2D eigenvalue weighted by molar-refractivity contribution is 6.05. The number of carbonyl (C=O) groups excluding carboxylic acids is 3. The normalized spacial score (nSPS) is 16.1. The van der Waals surface area contributed by atoms with Gasteiger partial charge in [-0.25, -0.2) is 4.39 Å². The van der Waals surface area contributed by atoms with Crippen LogP contribution in [0.3, 0.4) is 0 Å². The van der Waals surface area contributed by atoms with E-state index in [1.54, 1.807) is 37.3 Å². The molecule has 0 spiro atoms. The van der Waals surface area contributed by atoms with E-state index >= 15 is 0 Å². The van der Waals surface area contributed by atoms with Crippen molar-refractivity contribution in [1.29, 1.82) is 0 Å². The molecule has 140 valence electrons. The highest BCUT2D eigenvalue weighted by Gasteiger charge is 2.30. The van der Waals surface area contributed by atoms with Crippen LogP contribution in [0.1, 0.15) is 18.9 Å². The number of nitrogens with zero attached hydrogens (tertiary/aromatic N) is 1. The molecule has 1 aliphatic rings. The zero-order valence-electron chi connectivity index (χ0n) is 14.8. The molecule has 0 unspecified atom stereocenters. The number of esters is 1. The number of amides is 2. The molecule has 2 aromatic carbocycles. The van der Waals surface area contributed by atoms with Crippen LogP contribution in [0.5, 0.6) is 0 Å². The Bertz CT molecular complexity index is 884. The molecule has 0 saturated carbocycles. The molecule has 1 aliphatic heterocycles. The number of fused-ring (bicyclic) bond motifs is 1. The Hall–Kier alpha value is -3.22. The van der Waals surface area contributed by atoms with Crippen molar-refractivity contribution in [3.63, 3.8) is 0 Å². The number of nitrogens with one attached hydrogen (secondary N) is 1. The summed E-state index contributed by atoms with van der Waals surface area (Å²) >= 11 is 0. The number of para-hydroxylation sites is 2. The second kappa shape index (κ2) is 7.99. The number of hydrogen-bond acceptors (Lipinski definition) is 4. The molecule has 0 fully saturated rings. The summed E-state index contributed by atoms with van der Waals surface area (Å²) in [4.78, 5) is 38.1. The Balaban J connectivity index is 1.69. The van der Waals surface area contributed by atoms with E-state index in [0.29, 0.717) is 11.4 Å². The molecule has 0 bridgehead atoms. The third kappa shape index (κ3) is 4.31. The van der Waals surface area contributed by atoms with E-state index < -0.39 is 30.3 Å². The summed E-state index contributed by atoms with van der Waals surface area (Å²) in [5.74, 6) is -1.84. The summed E-state index contributed by atoms with van der Waals surface area (Å²) in [5, 5.41) is 2.76. The van der Waals surface area contributed by atoms with Crippen LogP contribution < -0.4 is 10.2 Å². The Morgan fingerprint density at radius 1 is 1.19 bits per heavy atom. The van der Waals surface area contributed by atoms with E-state index in [0.717, 1.165) is 0 Å². The van der Waals surface area contributed by atoms with Crippen molar-refractivity contribution in [2.75, 3.05) is 16.8 Å². The Morgan fingerprint density at radius 3 is 2.67 bits per heavy atom. The second-order valence-electron chi connectivity index (χ2n) is 6.31. The molecule has 2 aromatic rings. The molecule has 6 nitrogen and oxygen atoms in total. The fourth-order valence-corrected chi connectivity index (χ4v) is 3.03. The fourth-order valence-electron chi connectivity index (χ4n) is 3.03. The highest BCUT2D eigenvalue weighted by Crippen LogP contribution is 2.31. The SMILES string of the molecule is C[C@@H]1CC(=O)Nc2ccccc2N1C(=O)COC(=O)Cc1ccccc1F. The molecule has 0 saturated heterocycles. The average molecular weight is 370 g/mol. The van der Waals surface area contributed by atoms with Crippen LogP contribution in [0, 0.1) is 5.82 Å². The van der Waals surface area contributed by atoms with Gasteiger partial charge in [0.25, 0.3) is 5.91 Å². The van der Waals surface area contributed by atoms with Gasteiger partial charge >= 0.3 is 5.97 Å². The summed E-state index contributed by atoms with van der Waals surface area (Å²) in [5.41, 5.74) is 1.28. The van der Waals surface area contributed by atoms with Gasteiger partial charge in [0.15, 0.2) is 6.61 Å². The molecular formula is C20H19FN2O4. The first-order valence-electron chi connectivity index (χ1n) is 8.55. The monoisotopic (exact) mass is 370 g/mol. The Kier molecular flexibility index (Phi) is 5.49. The molecule has 0 aromatic heterocycles. The van der Waals surface area contributed by atoms with E-state index in [1.807, 2.05) is 0 Å². The van der Waals surface area contributed by atoms with Gasteiger partial charge in [-0.1, -0.05) is 30.3 Å². The lowest BCUT2D eigenvalue weighted by Gasteiger charge is -2.27. The summed E-state index contributed by atoms with van der Waals surface area (Å²) in [6.07, 6.45) is -0.129. The van der Waals surface area contributed by atoms with Gasteiger partial charge in [0.2, 0.25) is 5.91 Å². The third-order valence-corrected chi connectivity index (χ3v) is 4.28. The van der Waals surface area contributed by atoms with Crippen molar-refractivity contribution in [3.8, 4) is 0 Å². The quantitative estimate of drug-likeness (QED) is 0.840. The van der Waals surface area contributed by atoms with E-state index in [-0.39, 0.29) is 24.3 Å². The van der Waals surface area contributed by atoms with Crippen LogP contribution in [-0.2, 0) is 25.5 Å². The number of carbonyl (C=O) groups is 3. The lowest BCUT2D eigenvalue weighted by atomic mass is 10.1. The molecule has 7 heteroatoms. The van der Waals surface area contributed by atoms with Gasteiger partial charge in [-0.05, 0) is 30.7 Å². The predicted molar refractivity (Wildman–Crippen MR) is 97.7 cm³/mol. The van der Waals surface area contributed by atoms with Crippen molar-refractivity contribution in [2.24, 2.45) is 0 Å². The molecule has 0 radical (unpaired) electrons. The maximum atomic E-state index is 13.6. The lowest BCUT2D eigenvalue weighted by Crippen LogP contribution is -2.41. The summed E-state index contributed by atoms with van der Waals surface area (Å²) in [7, 11) is 0. The molecule has 1 atom stereocenters. The van der Waals surface area contributed by atoms with Crippen LogP contribution in [0.15, 0.2) is 48.5 Å². The van der Waals surface area contributed by atoms with Crippen molar-refractivity contribution in [1.82, 2.24) is 0 Å². The smallest absolute Gasteiger partial charge is 0.310 e. The van der Waals surface area contributed by atoms with Crippen LogP contribution >= 0.6 is 0 Å². The molecule has 3 rings (SSSR count). The standard InChI is InChI=1S/C20H19FN2O4/c1-13-10-18(24)22-16-8-4-5-9-17(16)23(13)19(25)12-27-20(26)11-14-6-2-3-7-15(14)21/h2-9,13H,10-12H2,1H3,(H,22,24)/t13-/m1/s1. The minimum Gasteiger partial charge on any atom is -0.455 e. The number of anilines is 2. The number of benzene rings is 2. The van der Waals surface area contributed by atoms with E-state index in [4.69, 9.17) is 4.74 Å². The van der Waals surface area contributed by atoms with Gasteiger partial charge < -0.3 is 15.0 Å². The van der Waals surface area contributed by atoms with Gasteiger partial charge in [-0.3, -0.25) is 14.4 Å². The van der Waals surface area contributed by atoms with Crippen molar-refractivity contribution >= 4 is 29.2 Å². The Morgan fingerprint density at radius 2 is 1.89 bits per heavy atom. The molecular weight excluding hydrogens is 351 g/mol. The molecule has 1 heterocycles. The second-order valence-corrected chi connectivity index (χ2v) is 6.31. The fraction of sp³-hybridized carbons (Fsp3) is 0.250. The predicted octanol–water partition coefficient (Wildman–Crippen LogP) is 2.68. The first-order valence-corrected chi connectivity index (χ1v) is 8.55. The average Bonchev–Trinajstić information content (AvgIpc) is 2.76. The minimum atomic E-state index is -0.696. The van der Waals surface area contributed by atoms with Gasteiger partial charge in [-0.15, -0.1) is 0 Å². The van der Waals surface area contributed by atoms with Crippen molar-refractivity contribution in [3.05, 3.63) is 59.9 Å². The van der Waals surface area contributed by atoms with Gasteiger partial charge in [0.05, 0.1) is 17.8 Å². The van der Waals surface area contributed by atoms with E-state index in [2.05, 4.69) is 5.32 Å². The first-order chi connectivity index (χ1) is 13.0. The number of rotatable bonds is 4. The topological polar surface area (TPSA) is 75.7 Å². The van der Waals surface area contributed by atoms with Gasteiger partial charge in [0.1, 0.15) is 5.82 Å².